The number of hydrogen-bond acceptors (Lipinski definition) is 5. The molecule has 0 bridgehead atoms. The molecule has 2 aliphatic rings. The molecule has 2 aromatic heterocycles. The van der Waals surface area contributed by atoms with Gasteiger partial charge in [0.05, 0.1) is 24.9 Å². The molecule has 1 aliphatic heterocycles. The number of piperidine rings is 1. The van der Waals surface area contributed by atoms with Gasteiger partial charge in [-0.25, -0.2) is 0 Å². The van der Waals surface area contributed by atoms with Gasteiger partial charge in [0, 0.05) is 24.8 Å². The molecule has 3 heterocycles. The van der Waals surface area contributed by atoms with E-state index in [0.29, 0.717) is 41.1 Å². The molecule has 0 spiro atoms. The lowest BCUT2D eigenvalue weighted by molar-refractivity contribution is -0.276. The third-order valence-electron chi connectivity index (χ3n) is 5.05. The number of ether oxygens (including phenoxy) is 2. The van der Waals surface area contributed by atoms with Crippen LogP contribution in [-0.2, 0) is 11.3 Å². The fourth-order valence-corrected chi connectivity index (χ4v) is 3.57. The molecule has 4 rings (SSSR count). The summed E-state index contributed by atoms with van der Waals surface area (Å²) in [5, 5.41) is 4.17. The number of alkyl halides is 3. The molecule has 28 heavy (non-hydrogen) atoms. The Morgan fingerprint density at radius 3 is 2.71 bits per heavy atom. The standard InChI is InChI=1S/C19H21F3N4O2/c1-3-27-12(2)16-7-23-26(11-16)10-13-4-5-17(24-18(13)28-19(20,21)22)25-8-14-6-15(14)9-25/h4-5,7,11,14-15H,2-3,6,8-10H2,1H3. The summed E-state index contributed by atoms with van der Waals surface area (Å²) in [6.45, 7) is 7.87. The summed E-state index contributed by atoms with van der Waals surface area (Å²) in [6.07, 6.45) is -0.390. The van der Waals surface area contributed by atoms with Crippen molar-refractivity contribution >= 4 is 11.6 Å². The van der Waals surface area contributed by atoms with E-state index in [2.05, 4.69) is 21.4 Å². The summed E-state index contributed by atoms with van der Waals surface area (Å²) >= 11 is 0. The first-order valence-corrected chi connectivity index (χ1v) is 9.17. The average Bonchev–Trinajstić information content (AvgIpc) is 3.03. The van der Waals surface area contributed by atoms with E-state index in [1.54, 1.807) is 24.5 Å². The van der Waals surface area contributed by atoms with Crippen molar-refractivity contribution < 1.29 is 22.6 Å². The molecule has 1 saturated heterocycles. The van der Waals surface area contributed by atoms with Crippen molar-refractivity contribution in [3.05, 3.63) is 42.2 Å². The van der Waals surface area contributed by atoms with Gasteiger partial charge in [-0.2, -0.15) is 10.1 Å². The Hall–Kier alpha value is -2.71. The topological polar surface area (TPSA) is 52.4 Å². The zero-order chi connectivity index (χ0) is 19.9. The van der Waals surface area contributed by atoms with E-state index >= 15 is 0 Å². The SMILES string of the molecule is C=C(OCC)c1cnn(Cc2ccc(N3CC4CC4C3)nc2OC(F)(F)F)c1. The number of nitrogens with zero attached hydrogens (tertiary/aromatic N) is 4. The number of pyridine rings is 1. The molecule has 9 heteroatoms. The maximum Gasteiger partial charge on any atom is 0.574 e. The van der Waals surface area contributed by atoms with E-state index in [4.69, 9.17) is 4.74 Å². The fraction of sp³-hybridized carbons (Fsp3) is 0.474. The normalized spacial score (nSPS) is 20.8. The summed E-state index contributed by atoms with van der Waals surface area (Å²) < 4.78 is 49.8. The van der Waals surface area contributed by atoms with Crippen LogP contribution in [0, 0.1) is 11.8 Å². The third-order valence-corrected chi connectivity index (χ3v) is 5.05. The first kappa shape index (κ1) is 18.6. The van der Waals surface area contributed by atoms with Gasteiger partial charge in [0.25, 0.3) is 0 Å². The Balaban J connectivity index is 1.55. The van der Waals surface area contributed by atoms with E-state index in [1.807, 2.05) is 11.8 Å². The zero-order valence-electron chi connectivity index (χ0n) is 15.4. The van der Waals surface area contributed by atoms with E-state index in [9.17, 15) is 13.2 Å². The molecule has 150 valence electrons. The van der Waals surface area contributed by atoms with Crippen LogP contribution < -0.4 is 9.64 Å². The summed E-state index contributed by atoms with van der Waals surface area (Å²) in [6, 6.07) is 3.36. The second-order valence-electron chi connectivity index (χ2n) is 7.13. The Morgan fingerprint density at radius 2 is 2.04 bits per heavy atom. The number of fused-ring (bicyclic) bond motifs is 1. The van der Waals surface area contributed by atoms with Gasteiger partial charge in [0.15, 0.2) is 0 Å². The Labute approximate surface area is 160 Å². The van der Waals surface area contributed by atoms with E-state index < -0.39 is 12.2 Å². The minimum absolute atomic E-state index is 0.0867. The Bertz CT molecular complexity index is 870. The lowest BCUT2D eigenvalue weighted by Crippen LogP contribution is -2.24. The van der Waals surface area contributed by atoms with Crippen molar-refractivity contribution in [1.82, 2.24) is 14.8 Å². The Morgan fingerprint density at radius 1 is 1.29 bits per heavy atom. The molecule has 0 radical (unpaired) electrons. The summed E-state index contributed by atoms with van der Waals surface area (Å²) in [4.78, 5) is 6.18. The largest absolute Gasteiger partial charge is 0.574 e. The van der Waals surface area contributed by atoms with Gasteiger partial charge in [0.1, 0.15) is 11.6 Å². The molecular formula is C19H21F3N4O2. The molecule has 0 N–H and O–H groups in total. The molecule has 2 unspecified atom stereocenters. The number of anilines is 1. The smallest absolute Gasteiger partial charge is 0.494 e. The highest BCUT2D eigenvalue weighted by Gasteiger charge is 2.45. The quantitative estimate of drug-likeness (QED) is 0.671. The third kappa shape index (κ3) is 4.07. The van der Waals surface area contributed by atoms with Crippen LogP contribution in [0.3, 0.4) is 0 Å². The fourth-order valence-electron chi connectivity index (χ4n) is 3.57. The van der Waals surface area contributed by atoms with Crippen LogP contribution in [0.4, 0.5) is 19.0 Å². The van der Waals surface area contributed by atoms with Gasteiger partial charge in [-0.05, 0) is 37.3 Å². The van der Waals surface area contributed by atoms with Gasteiger partial charge < -0.3 is 14.4 Å². The maximum atomic E-state index is 12.9. The first-order chi connectivity index (χ1) is 13.3. The number of aromatic nitrogens is 3. The molecule has 1 saturated carbocycles. The van der Waals surface area contributed by atoms with Crippen molar-refractivity contribution in [2.45, 2.75) is 26.3 Å². The molecule has 2 fully saturated rings. The summed E-state index contributed by atoms with van der Waals surface area (Å²) in [5.74, 6) is 1.83. The maximum absolute atomic E-state index is 12.9. The van der Waals surface area contributed by atoms with Crippen molar-refractivity contribution in [3.63, 3.8) is 0 Å². The minimum atomic E-state index is -4.81. The lowest BCUT2D eigenvalue weighted by Gasteiger charge is -2.21. The molecular weight excluding hydrogens is 373 g/mol. The average molecular weight is 394 g/mol. The van der Waals surface area contributed by atoms with Crippen LogP contribution in [0.1, 0.15) is 24.5 Å². The van der Waals surface area contributed by atoms with Crippen LogP contribution in [-0.4, -0.2) is 40.8 Å². The predicted octanol–water partition coefficient (Wildman–Crippen LogP) is 3.69. The molecule has 0 amide bonds. The van der Waals surface area contributed by atoms with Gasteiger partial charge in [-0.15, -0.1) is 13.2 Å². The zero-order valence-corrected chi connectivity index (χ0v) is 15.4. The predicted molar refractivity (Wildman–Crippen MR) is 96.7 cm³/mol. The highest BCUT2D eigenvalue weighted by Crippen LogP contribution is 2.46. The summed E-state index contributed by atoms with van der Waals surface area (Å²) in [7, 11) is 0. The first-order valence-electron chi connectivity index (χ1n) is 9.17. The van der Waals surface area contributed by atoms with Crippen LogP contribution >= 0.6 is 0 Å². The Kier molecular flexibility index (Phi) is 4.68. The minimum Gasteiger partial charge on any atom is -0.494 e. The van der Waals surface area contributed by atoms with Crippen LogP contribution in [0.15, 0.2) is 31.1 Å². The van der Waals surface area contributed by atoms with Crippen molar-refractivity contribution in [2.75, 3.05) is 24.6 Å². The highest BCUT2D eigenvalue weighted by molar-refractivity contribution is 5.55. The van der Waals surface area contributed by atoms with Crippen molar-refractivity contribution in [1.29, 1.82) is 0 Å². The second-order valence-corrected chi connectivity index (χ2v) is 7.13. The van der Waals surface area contributed by atoms with Gasteiger partial charge in [-0.3, -0.25) is 4.68 Å². The van der Waals surface area contributed by atoms with Crippen LogP contribution in [0.5, 0.6) is 5.88 Å². The molecule has 0 aromatic carbocycles. The summed E-state index contributed by atoms with van der Waals surface area (Å²) in [5.41, 5.74) is 0.961. The van der Waals surface area contributed by atoms with Gasteiger partial charge in [0.2, 0.25) is 5.88 Å². The number of rotatable bonds is 7. The molecule has 1 aliphatic carbocycles. The molecule has 2 atom stereocenters. The number of halogens is 3. The monoisotopic (exact) mass is 394 g/mol. The van der Waals surface area contributed by atoms with E-state index in [0.717, 1.165) is 13.1 Å². The molecule has 2 aromatic rings. The molecule has 6 nitrogen and oxygen atoms in total. The lowest BCUT2D eigenvalue weighted by atomic mass is 10.2. The van der Waals surface area contributed by atoms with Crippen LogP contribution in [0.2, 0.25) is 0 Å². The van der Waals surface area contributed by atoms with Crippen molar-refractivity contribution in [3.8, 4) is 5.88 Å². The van der Waals surface area contributed by atoms with E-state index in [-0.39, 0.29) is 6.54 Å². The number of hydrogen-bond donors (Lipinski definition) is 0. The van der Waals surface area contributed by atoms with Gasteiger partial charge in [-0.1, -0.05) is 6.58 Å². The van der Waals surface area contributed by atoms with E-state index in [1.165, 1.54) is 11.1 Å². The van der Waals surface area contributed by atoms with Crippen LogP contribution in [0.25, 0.3) is 5.76 Å². The van der Waals surface area contributed by atoms with Gasteiger partial charge >= 0.3 is 6.36 Å². The second kappa shape index (κ2) is 7.03. The highest BCUT2D eigenvalue weighted by atomic mass is 19.4. The van der Waals surface area contributed by atoms with Crippen molar-refractivity contribution in [2.24, 2.45) is 11.8 Å².